The van der Waals surface area contributed by atoms with E-state index in [9.17, 15) is 19.9 Å². The molecule has 0 fully saturated rings. The number of phenolic OH excluding ortho intramolecular Hbond substituents is 1. The quantitative estimate of drug-likeness (QED) is 0.570. The normalized spacial score (nSPS) is 10.7. The van der Waals surface area contributed by atoms with Crippen molar-refractivity contribution in [1.29, 1.82) is 0 Å². The number of hydrogen-bond acceptors (Lipinski definition) is 4. The number of para-hydroxylation sites is 2. The molecule has 0 saturated carbocycles. The SMILES string of the molecule is Cc1c(C(=O)Cc2ccccc2O)c(=O)n(-c2ccccc2)n1O. The van der Waals surface area contributed by atoms with Gasteiger partial charge in [-0.05, 0) is 25.1 Å². The number of ketones is 1. The van der Waals surface area contributed by atoms with Gasteiger partial charge in [0.05, 0.1) is 11.4 Å². The van der Waals surface area contributed by atoms with Crippen LogP contribution in [0.5, 0.6) is 5.75 Å². The largest absolute Gasteiger partial charge is 0.508 e. The molecule has 0 amide bonds. The summed E-state index contributed by atoms with van der Waals surface area (Å²) in [6.45, 7) is 1.50. The highest BCUT2D eigenvalue weighted by atomic mass is 16.5. The average molecular weight is 324 g/mol. The summed E-state index contributed by atoms with van der Waals surface area (Å²) in [7, 11) is 0. The number of aromatic hydroxyl groups is 1. The molecule has 1 heterocycles. The fraction of sp³-hybridized carbons (Fsp3) is 0.111. The Kier molecular flexibility index (Phi) is 3.95. The van der Waals surface area contributed by atoms with Crippen LogP contribution >= 0.6 is 0 Å². The van der Waals surface area contributed by atoms with Gasteiger partial charge in [-0.1, -0.05) is 36.4 Å². The standard InChI is InChI=1S/C18H16N2O4/c1-12-17(16(22)11-13-7-5-6-10-15(13)21)18(23)19(20(12)24)14-8-3-2-4-9-14/h2-10,21,24H,11H2,1H3. The van der Waals surface area contributed by atoms with E-state index in [0.717, 1.165) is 4.68 Å². The Hall–Kier alpha value is -3.28. The molecule has 0 radical (unpaired) electrons. The van der Waals surface area contributed by atoms with Gasteiger partial charge in [0.15, 0.2) is 5.78 Å². The number of benzene rings is 2. The second-order valence-electron chi connectivity index (χ2n) is 5.43. The highest BCUT2D eigenvalue weighted by Crippen LogP contribution is 2.19. The molecule has 6 nitrogen and oxygen atoms in total. The number of hydrogen-bond donors (Lipinski definition) is 2. The van der Waals surface area contributed by atoms with Crippen molar-refractivity contribution in [3.05, 3.63) is 81.8 Å². The number of rotatable bonds is 4. The molecular weight excluding hydrogens is 308 g/mol. The van der Waals surface area contributed by atoms with Crippen LogP contribution in [0, 0.1) is 6.92 Å². The second-order valence-corrected chi connectivity index (χ2v) is 5.43. The number of aromatic nitrogens is 2. The number of carbonyl (C=O) groups excluding carboxylic acids is 1. The molecule has 0 saturated heterocycles. The predicted octanol–water partition coefficient (Wildman–Crippen LogP) is 2.32. The van der Waals surface area contributed by atoms with Crippen LogP contribution < -0.4 is 5.56 Å². The lowest BCUT2D eigenvalue weighted by Gasteiger charge is -2.05. The molecule has 3 rings (SSSR count). The van der Waals surface area contributed by atoms with E-state index in [1.165, 1.54) is 13.0 Å². The Morgan fingerprint density at radius 2 is 1.67 bits per heavy atom. The molecule has 122 valence electrons. The van der Waals surface area contributed by atoms with Gasteiger partial charge in [-0.15, -0.1) is 4.85 Å². The average Bonchev–Trinajstić information content (AvgIpc) is 2.80. The molecule has 0 aliphatic carbocycles. The van der Waals surface area contributed by atoms with Crippen molar-refractivity contribution in [2.24, 2.45) is 0 Å². The summed E-state index contributed by atoms with van der Waals surface area (Å²) in [4.78, 5) is 25.9. The third-order valence-corrected chi connectivity index (χ3v) is 3.88. The van der Waals surface area contributed by atoms with Crippen LogP contribution in [0.2, 0.25) is 0 Å². The zero-order chi connectivity index (χ0) is 17.3. The first-order valence-corrected chi connectivity index (χ1v) is 7.40. The number of nitrogens with zero attached hydrogens (tertiary/aromatic N) is 2. The van der Waals surface area contributed by atoms with Crippen molar-refractivity contribution in [3.63, 3.8) is 0 Å². The van der Waals surface area contributed by atoms with E-state index in [0.29, 0.717) is 16.1 Å². The van der Waals surface area contributed by atoms with E-state index in [4.69, 9.17) is 0 Å². The third kappa shape index (κ3) is 2.58. The van der Waals surface area contributed by atoms with Crippen molar-refractivity contribution in [2.45, 2.75) is 13.3 Å². The molecular formula is C18H16N2O4. The minimum atomic E-state index is -0.596. The van der Waals surface area contributed by atoms with Gasteiger partial charge < -0.3 is 10.3 Å². The van der Waals surface area contributed by atoms with Crippen molar-refractivity contribution >= 4 is 5.78 Å². The molecule has 3 aromatic rings. The lowest BCUT2D eigenvalue weighted by Crippen LogP contribution is -2.23. The molecule has 0 spiro atoms. The Labute approximate surface area is 137 Å². The van der Waals surface area contributed by atoms with Gasteiger partial charge in [0, 0.05) is 12.0 Å². The Morgan fingerprint density at radius 1 is 1.04 bits per heavy atom. The number of phenols is 1. The summed E-state index contributed by atoms with van der Waals surface area (Å²) in [5, 5.41) is 20.0. The Bertz CT molecular complexity index is 955. The monoisotopic (exact) mass is 324 g/mol. The van der Waals surface area contributed by atoms with Gasteiger partial charge in [0.1, 0.15) is 11.3 Å². The first-order valence-electron chi connectivity index (χ1n) is 7.40. The van der Waals surface area contributed by atoms with Gasteiger partial charge in [0.2, 0.25) is 0 Å². The maximum Gasteiger partial charge on any atom is 0.285 e. The van der Waals surface area contributed by atoms with Gasteiger partial charge in [-0.3, -0.25) is 9.59 Å². The van der Waals surface area contributed by atoms with Crippen LogP contribution in [-0.2, 0) is 6.42 Å². The smallest absolute Gasteiger partial charge is 0.285 e. The first kappa shape index (κ1) is 15.6. The molecule has 0 bridgehead atoms. The van der Waals surface area contributed by atoms with Crippen LogP contribution in [0.25, 0.3) is 5.69 Å². The van der Waals surface area contributed by atoms with Gasteiger partial charge in [-0.2, -0.15) is 4.68 Å². The van der Waals surface area contributed by atoms with Crippen molar-refractivity contribution in [2.75, 3.05) is 0 Å². The Morgan fingerprint density at radius 3 is 2.33 bits per heavy atom. The molecule has 1 aromatic heterocycles. The molecule has 0 aliphatic heterocycles. The lowest BCUT2D eigenvalue weighted by atomic mass is 10.0. The van der Waals surface area contributed by atoms with Crippen LogP contribution in [0.4, 0.5) is 0 Å². The second kappa shape index (κ2) is 6.08. The van der Waals surface area contributed by atoms with Gasteiger partial charge >= 0.3 is 0 Å². The van der Waals surface area contributed by atoms with Crippen LogP contribution in [0.3, 0.4) is 0 Å². The first-order chi connectivity index (χ1) is 11.5. The molecule has 6 heteroatoms. The zero-order valence-electron chi connectivity index (χ0n) is 13.0. The fourth-order valence-corrected chi connectivity index (χ4v) is 2.64. The summed E-state index contributed by atoms with van der Waals surface area (Å²) in [5.74, 6) is -0.466. The maximum atomic E-state index is 12.6. The van der Waals surface area contributed by atoms with E-state index in [1.807, 2.05) is 0 Å². The molecule has 0 unspecified atom stereocenters. The van der Waals surface area contributed by atoms with Crippen LogP contribution in [0.1, 0.15) is 21.6 Å². The molecule has 0 atom stereocenters. The molecule has 24 heavy (non-hydrogen) atoms. The van der Waals surface area contributed by atoms with E-state index in [-0.39, 0.29) is 23.4 Å². The third-order valence-electron chi connectivity index (χ3n) is 3.88. The number of Topliss-reactive ketones (excluding diaryl/α,β-unsaturated/α-hetero) is 1. The van der Waals surface area contributed by atoms with Gasteiger partial charge in [-0.25, -0.2) is 0 Å². The van der Waals surface area contributed by atoms with E-state index in [1.54, 1.807) is 48.5 Å². The summed E-state index contributed by atoms with van der Waals surface area (Å²) in [6.07, 6.45) is -0.123. The van der Waals surface area contributed by atoms with Crippen LogP contribution in [0.15, 0.2) is 59.4 Å². The maximum absolute atomic E-state index is 12.6. The molecule has 2 N–H and O–H groups in total. The van der Waals surface area contributed by atoms with E-state index < -0.39 is 11.3 Å². The summed E-state index contributed by atoms with van der Waals surface area (Å²) in [5.41, 5.74) is 0.350. The summed E-state index contributed by atoms with van der Waals surface area (Å²) >= 11 is 0. The summed E-state index contributed by atoms with van der Waals surface area (Å²) < 4.78 is 1.04. The van der Waals surface area contributed by atoms with Crippen molar-refractivity contribution in [1.82, 2.24) is 9.53 Å². The lowest BCUT2D eigenvalue weighted by molar-refractivity contribution is 0.0984. The molecule has 0 aliphatic rings. The van der Waals surface area contributed by atoms with Crippen molar-refractivity contribution in [3.8, 4) is 11.4 Å². The topological polar surface area (TPSA) is 84.5 Å². The minimum absolute atomic E-state index is 0.00433. The predicted molar refractivity (Wildman–Crippen MR) is 88.1 cm³/mol. The van der Waals surface area contributed by atoms with E-state index in [2.05, 4.69) is 0 Å². The highest BCUT2D eigenvalue weighted by Gasteiger charge is 2.24. The molecule has 2 aromatic carbocycles. The highest BCUT2D eigenvalue weighted by molar-refractivity contribution is 5.98. The van der Waals surface area contributed by atoms with E-state index >= 15 is 0 Å². The Balaban J connectivity index is 2.05. The van der Waals surface area contributed by atoms with Gasteiger partial charge in [0.25, 0.3) is 5.56 Å². The minimum Gasteiger partial charge on any atom is -0.508 e. The van der Waals surface area contributed by atoms with Crippen molar-refractivity contribution < 1.29 is 15.1 Å². The zero-order valence-corrected chi connectivity index (χ0v) is 13.0. The summed E-state index contributed by atoms with van der Waals surface area (Å²) in [6, 6.07) is 15.0. The number of carbonyl (C=O) groups is 1. The van der Waals surface area contributed by atoms with Crippen LogP contribution in [-0.4, -0.2) is 25.6 Å². The fourth-order valence-electron chi connectivity index (χ4n) is 2.64.